The molecule has 2 unspecified atom stereocenters. The van der Waals surface area contributed by atoms with Crippen LogP contribution >= 0.6 is 11.6 Å². The predicted octanol–water partition coefficient (Wildman–Crippen LogP) is 3.90. The molecule has 0 radical (unpaired) electrons. The molecule has 0 aliphatic heterocycles. The van der Waals surface area contributed by atoms with E-state index in [4.69, 9.17) is 16.3 Å². The highest BCUT2D eigenvalue weighted by atomic mass is 35.5. The summed E-state index contributed by atoms with van der Waals surface area (Å²) in [5.41, 5.74) is 2.20. The third-order valence-corrected chi connectivity index (χ3v) is 4.03. The zero-order chi connectivity index (χ0) is 17.5. The largest absolute Gasteiger partial charge is 0.387 e. The first-order valence-electron chi connectivity index (χ1n) is 7.61. The summed E-state index contributed by atoms with van der Waals surface area (Å²) in [5, 5.41) is 16.0. The normalized spacial score (nSPS) is 13.2. The first-order valence-corrected chi connectivity index (χ1v) is 7.99. The van der Waals surface area contributed by atoms with Gasteiger partial charge in [0, 0.05) is 29.9 Å². The van der Waals surface area contributed by atoms with Crippen LogP contribution < -0.4 is 10.6 Å². The fraction of sp³-hybridized carbons (Fsp3) is 0.278. The first kappa shape index (κ1) is 18.3. The van der Waals surface area contributed by atoms with Crippen molar-refractivity contribution in [3.8, 4) is 0 Å². The molecule has 24 heavy (non-hydrogen) atoms. The van der Waals surface area contributed by atoms with Crippen molar-refractivity contribution < 1.29 is 14.6 Å². The maximum absolute atomic E-state index is 12.0. The summed E-state index contributed by atoms with van der Waals surface area (Å²) in [5.74, 6) is 0. The van der Waals surface area contributed by atoms with Crippen molar-refractivity contribution in [1.29, 1.82) is 0 Å². The minimum absolute atomic E-state index is 0.0585. The van der Waals surface area contributed by atoms with Crippen LogP contribution in [0.3, 0.4) is 0 Å². The zero-order valence-electron chi connectivity index (χ0n) is 13.6. The Kier molecular flexibility index (Phi) is 6.61. The highest BCUT2D eigenvalue weighted by Gasteiger charge is 2.12. The Hall–Kier alpha value is -2.08. The molecule has 5 nitrogen and oxygen atoms in total. The summed E-state index contributed by atoms with van der Waals surface area (Å²) in [6.45, 7) is 1.99. The van der Waals surface area contributed by atoms with Crippen LogP contribution in [-0.2, 0) is 4.74 Å². The van der Waals surface area contributed by atoms with E-state index < -0.39 is 12.1 Å². The van der Waals surface area contributed by atoms with Gasteiger partial charge in [-0.2, -0.15) is 0 Å². The summed E-state index contributed by atoms with van der Waals surface area (Å²) in [6.07, 6.45) is -0.929. The molecule has 0 aliphatic rings. The average Bonchev–Trinajstić information content (AvgIpc) is 2.59. The van der Waals surface area contributed by atoms with Crippen LogP contribution in [0.5, 0.6) is 0 Å². The van der Waals surface area contributed by atoms with Crippen LogP contribution in [0.1, 0.15) is 30.3 Å². The Labute approximate surface area is 146 Å². The Morgan fingerprint density at radius 3 is 2.71 bits per heavy atom. The molecule has 2 aromatic rings. The summed E-state index contributed by atoms with van der Waals surface area (Å²) >= 11 is 6.02. The Balaban J connectivity index is 1.91. The first-order chi connectivity index (χ1) is 11.5. The fourth-order valence-electron chi connectivity index (χ4n) is 2.23. The van der Waals surface area contributed by atoms with E-state index in [-0.39, 0.29) is 12.6 Å². The van der Waals surface area contributed by atoms with Crippen molar-refractivity contribution in [3.63, 3.8) is 0 Å². The molecule has 2 rings (SSSR count). The molecule has 0 aliphatic carbocycles. The van der Waals surface area contributed by atoms with E-state index in [1.807, 2.05) is 25.1 Å². The molecule has 2 amide bonds. The second-order valence-corrected chi connectivity index (χ2v) is 5.78. The molecule has 0 bridgehead atoms. The van der Waals surface area contributed by atoms with E-state index in [0.717, 1.165) is 5.56 Å². The molecular weight excluding hydrogens is 328 g/mol. The Morgan fingerprint density at radius 2 is 2.00 bits per heavy atom. The van der Waals surface area contributed by atoms with Crippen LogP contribution in [-0.4, -0.2) is 24.8 Å². The number of amides is 2. The molecule has 3 N–H and O–H groups in total. The summed E-state index contributed by atoms with van der Waals surface area (Å²) < 4.78 is 5.26. The number of ether oxygens (including phenoxy) is 1. The van der Waals surface area contributed by atoms with Gasteiger partial charge >= 0.3 is 6.03 Å². The van der Waals surface area contributed by atoms with E-state index in [1.165, 1.54) is 0 Å². The Bertz CT molecular complexity index is 693. The second-order valence-electron chi connectivity index (χ2n) is 5.38. The predicted molar refractivity (Wildman–Crippen MR) is 95.3 cm³/mol. The number of carbonyl (C=O) groups is 1. The van der Waals surface area contributed by atoms with Crippen molar-refractivity contribution in [2.45, 2.75) is 19.1 Å². The molecule has 0 saturated heterocycles. The van der Waals surface area contributed by atoms with Gasteiger partial charge in [0.05, 0.1) is 12.2 Å². The number of hydrogen-bond donors (Lipinski definition) is 3. The van der Waals surface area contributed by atoms with Crippen molar-refractivity contribution >= 4 is 23.3 Å². The average molecular weight is 349 g/mol. The number of benzene rings is 2. The van der Waals surface area contributed by atoms with Crippen molar-refractivity contribution in [1.82, 2.24) is 5.32 Å². The second kappa shape index (κ2) is 8.68. The number of nitrogens with one attached hydrogen (secondary N) is 2. The number of halogens is 1. The molecule has 2 aromatic carbocycles. The quantitative estimate of drug-likeness (QED) is 0.741. The van der Waals surface area contributed by atoms with Crippen LogP contribution in [0.4, 0.5) is 10.5 Å². The molecule has 0 heterocycles. The standard InChI is InChI=1S/C18H21ClN2O3/c1-12(24-2)13-6-5-7-14(10-13)21-18(23)20-11-17(22)15-8-3-4-9-16(15)19/h3-10,12,17,22H,11H2,1-2H3,(H2,20,21,23). The highest BCUT2D eigenvalue weighted by Crippen LogP contribution is 2.22. The van der Waals surface area contributed by atoms with Crippen LogP contribution in [0.25, 0.3) is 0 Å². The molecule has 0 saturated carbocycles. The maximum Gasteiger partial charge on any atom is 0.319 e. The van der Waals surface area contributed by atoms with E-state index >= 15 is 0 Å². The van der Waals surface area contributed by atoms with Gasteiger partial charge in [0.1, 0.15) is 0 Å². The van der Waals surface area contributed by atoms with Gasteiger partial charge in [0.2, 0.25) is 0 Å². The smallest absolute Gasteiger partial charge is 0.319 e. The zero-order valence-corrected chi connectivity index (χ0v) is 14.4. The summed E-state index contributed by atoms with van der Waals surface area (Å²) in [6, 6.07) is 14.0. The van der Waals surface area contributed by atoms with Gasteiger partial charge in [0.15, 0.2) is 0 Å². The molecular formula is C18H21ClN2O3. The number of methoxy groups -OCH3 is 1. The highest BCUT2D eigenvalue weighted by molar-refractivity contribution is 6.31. The lowest BCUT2D eigenvalue weighted by Crippen LogP contribution is -2.32. The van der Waals surface area contributed by atoms with Crippen molar-refractivity contribution in [3.05, 3.63) is 64.7 Å². The topological polar surface area (TPSA) is 70.6 Å². The number of aliphatic hydroxyl groups is 1. The van der Waals surface area contributed by atoms with Gasteiger partial charge in [-0.3, -0.25) is 0 Å². The monoisotopic (exact) mass is 348 g/mol. The maximum atomic E-state index is 12.0. The number of hydrogen-bond acceptors (Lipinski definition) is 3. The van der Waals surface area contributed by atoms with Crippen LogP contribution in [0.15, 0.2) is 48.5 Å². The SMILES string of the molecule is COC(C)c1cccc(NC(=O)NCC(O)c2ccccc2Cl)c1. The Morgan fingerprint density at radius 1 is 1.25 bits per heavy atom. The van der Waals surface area contributed by atoms with E-state index in [0.29, 0.717) is 16.3 Å². The minimum Gasteiger partial charge on any atom is -0.387 e. The third kappa shape index (κ3) is 4.96. The van der Waals surface area contributed by atoms with Crippen LogP contribution in [0.2, 0.25) is 5.02 Å². The van der Waals surface area contributed by atoms with E-state index in [2.05, 4.69) is 10.6 Å². The van der Waals surface area contributed by atoms with Gasteiger partial charge < -0.3 is 20.5 Å². The third-order valence-electron chi connectivity index (χ3n) is 3.69. The van der Waals surface area contributed by atoms with Crippen molar-refractivity contribution in [2.24, 2.45) is 0 Å². The summed E-state index contributed by atoms with van der Waals surface area (Å²) in [7, 11) is 1.63. The lowest BCUT2D eigenvalue weighted by atomic mass is 10.1. The minimum atomic E-state index is -0.871. The molecule has 2 atom stereocenters. The summed E-state index contributed by atoms with van der Waals surface area (Å²) in [4.78, 5) is 12.0. The molecule has 6 heteroatoms. The lowest BCUT2D eigenvalue weighted by molar-refractivity contribution is 0.119. The molecule has 0 spiro atoms. The number of carbonyl (C=O) groups excluding carboxylic acids is 1. The van der Waals surface area contributed by atoms with Gasteiger partial charge in [-0.1, -0.05) is 41.9 Å². The number of rotatable bonds is 6. The fourth-order valence-corrected chi connectivity index (χ4v) is 2.49. The van der Waals surface area contributed by atoms with Gasteiger partial charge in [-0.05, 0) is 30.7 Å². The van der Waals surface area contributed by atoms with Gasteiger partial charge in [-0.25, -0.2) is 4.79 Å². The molecule has 0 fully saturated rings. The van der Waals surface area contributed by atoms with Crippen molar-refractivity contribution in [2.75, 3.05) is 19.0 Å². The van der Waals surface area contributed by atoms with E-state index in [9.17, 15) is 9.90 Å². The number of urea groups is 1. The van der Waals surface area contributed by atoms with E-state index in [1.54, 1.807) is 37.4 Å². The molecule has 128 valence electrons. The molecule has 0 aromatic heterocycles. The number of anilines is 1. The number of aliphatic hydroxyl groups excluding tert-OH is 1. The lowest BCUT2D eigenvalue weighted by Gasteiger charge is -2.15. The van der Waals surface area contributed by atoms with Gasteiger partial charge in [0.25, 0.3) is 0 Å². The van der Waals surface area contributed by atoms with Crippen LogP contribution in [0, 0.1) is 0 Å². The van der Waals surface area contributed by atoms with Gasteiger partial charge in [-0.15, -0.1) is 0 Å².